The fourth-order valence-electron chi connectivity index (χ4n) is 2.58. The van der Waals surface area contributed by atoms with Crippen molar-refractivity contribution in [3.63, 3.8) is 0 Å². The molecule has 0 atom stereocenters. The first-order valence-corrected chi connectivity index (χ1v) is 8.77. The van der Waals surface area contributed by atoms with Gasteiger partial charge in [0.25, 0.3) is 5.91 Å². The summed E-state index contributed by atoms with van der Waals surface area (Å²) in [6.45, 7) is 3.76. The number of amides is 1. The summed E-state index contributed by atoms with van der Waals surface area (Å²) in [7, 11) is 0. The monoisotopic (exact) mass is 382 g/mol. The van der Waals surface area contributed by atoms with Crippen molar-refractivity contribution >= 4 is 23.7 Å². The molecule has 0 radical (unpaired) electrons. The third kappa shape index (κ3) is 4.99. The average Bonchev–Trinajstić information content (AvgIpc) is 3.10. The third-order valence-electron chi connectivity index (χ3n) is 3.87. The van der Waals surface area contributed by atoms with Crippen molar-refractivity contribution < 1.29 is 13.9 Å². The van der Waals surface area contributed by atoms with E-state index < -0.39 is 0 Å². The Labute approximate surface area is 162 Å². The standard InChI is InChI=1S/C21H19ClN2O3/c1-14-5-3-6-15(2)21(14)26-13-20(25)24-23-12-18-9-10-19(27-18)16-7-4-8-17(22)11-16/h3-12H,13H2,1-2H3,(H,24,25)/b23-12+. The van der Waals surface area contributed by atoms with Crippen molar-refractivity contribution in [2.24, 2.45) is 5.10 Å². The second-order valence-corrected chi connectivity index (χ2v) is 6.45. The summed E-state index contributed by atoms with van der Waals surface area (Å²) >= 11 is 5.99. The number of rotatable bonds is 6. The van der Waals surface area contributed by atoms with Gasteiger partial charge in [0.1, 0.15) is 17.3 Å². The van der Waals surface area contributed by atoms with Crippen molar-refractivity contribution in [3.8, 4) is 17.1 Å². The summed E-state index contributed by atoms with van der Waals surface area (Å²) in [6.07, 6.45) is 1.44. The molecular weight excluding hydrogens is 364 g/mol. The number of furan rings is 1. The van der Waals surface area contributed by atoms with Crippen molar-refractivity contribution in [2.75, 3.05) is 6.61 Å². The fraction of sp³-hybridized carbons (Fsp3) is 0.143. The molecule has 0 bridgehead atoms. The quantitative estimate of drug-likeness (QED) is 0.494. The normalized spacial score (nSPS) is 10.9. The van der Waals surface area contributed by atoms with E-state index >= 15 is 0 Å². The van der Waals surface area contributed by atoms with Crippen LogP contribution in [0.4, 0.5) is 0 Å². The number of benzene rings is 2. The van der Waals surface area contributed by atoms with Crippen molar-refractivity contribution in [2.45, 2.75) is 13.8 Å². The van der Waals surface area contributed by atoms with Crippen LogP contribution in [0.3, 0.4) is 0 Å². The van der Waals surface area contributed by atoms with Crippen LogP contribution >= 0.6 is 11.6 Å². The molecule has 0 saturated heterocycles. The Morgan fingerprint density at radius 3 is 2.63 bits per heavy atom. The first-order chi connectivity index (χ1) is 13.0. The van der Waals surface area contributed by atoms with Crippen LogP contribution < -0.4 is 10.2 Å². The van der Waals surface area contributed by atoms with Crippen LogP contribution in [0.5, 0.6) is 5.75 Å². The Kier molecular flexibility index (Phi) is 5.94. The molecule has 0 aliphatic carbocycles. The second kappa shape index (κ2) is 8.56. The van der Waals surface area contributed by atoms with Gasteiger partial charge < -0.3 is 9.15 Å². The molecule has 1 heterocycles. The molecule has 3 aromatic rings. The summed E-state index contributed by atoms with van der Waals surface area (Å²) in [5.41, 5.74) is 5.26. The molecule has 1 N–H and O–H groups in total. The van der Waals surface area contributed by atoms with E-state index in [1.54, 1.807) is 12.1 Å². The number of carbonyl (C=O) groups excluding carboxylic acids is 1. The molecule has 138 valence electrons. The largest absolute Gasteiger partial charge is 0.483 e. The van der Waals surface area contributed by atoms with Gasteiger partial charge in [0.2, 0.25) is 0 Å². The van der Waals surface area contributed by atoms with Crippen LogP contribution in [0.15, 0.2) is 64.1 Å². The van der Waals surface area contributed by atoms with Crippen molar-refractivity contribution in [1.82, 2.24) is 5.43 Å². The van der Waals surface area contributed by atoms with Crippen LogP contribution in [-0.4, -0.2) is 18.7 Å². The Hall–Kier alpha value is -3.05. The maximum Gasteiger partial charge on any atom is 0.277 e. The molecule has 0 aliphatic heterocycles. The number of nitrogens with zero attached hydrogens (tertiary/aromatic N) is 1. The number of para-hydroxylation sites is 1. The summed E-state index contributed by atoms with van der Waals surface area (Å²) in [4.78, 5) is 11.9. The van der Waals surface area contributed by atoms with Gasteiger partial charge in [-0.15, -0.1) is 0 Å². The van der Waals surface area contributed by atoms with Crippen LogP contribution in [0.25, 0.3) is 11.3 Å². The molecule has 6 heteroatoms. The van der Waals surface area contributed by atoms with Gasteiger partial charge in [-0.05, 0) is 49.2 Å². The number of hydrogen-bond acceptors (Lipinski definition) is 4. The first-order valence-electron chi connectivity index (χ1n) is 8.39. The van der Waals surface area contributed by atoms with E-state index in [-0.39, 0.29) is 12.5 Å². The highest BCUT2D eigenvalue weighted by molar-refractivity contribution is 6.30. The average molecular weight is 383 g/mol. The number of nitrogens with one attached hydrogen (secondary N) is 1. The van der Waals surface area contributed by atoms with Gasteiger partial charge in [0.05, 0.1) is 6.21 Å². The molecular formula is C21H19ClN2O3. The zero-order chi connectivity index (χ0) is 19.2. The van der Waals surface area contributed by atoms with Crippen LogP contribution in [0.2, 0.25) is 5.02 Å². The van der Waals surface area contributed by atoms with Gasteiger partial charge in [-0.3, -0.25) is 4.79 Å². The highest BCUT2D eigenvalue weighted by atomic mass is 35.5. The second-order valence-electron chi connectivity index (χ2n) is 6.02. The van der Waals surface area contributed by atoms with E-state index in [2.05, 4.69) is 10.5 Å². The van der Waals surface area contributed by atoms with E-state index in [1.807, 2.05) is 56.3 Å². The Morgan fingerprint density at radius 1 is 1.15 bits per heavy atom. The zero-order valence-corrected chi connectivity index (χ0v) is 15.8. The van der Waals surface area contributed by atoms with E-state index in [0.717, 1.165) is 16.7 Å². The van der Waals surface area contributed by atoms with Crippen molar-refractivity contribution in [3.05, 3.63) is 76.5 Å². The summed E-state index contributed by atoms with van der Waals surface area (Å²) in [5.74, 6) is 1.55. The van der Waals surface area contributed by atoms with Crippen LogP contribution in [0.1, 0.15) is 16.9 Å². The lowest BCUT2D eigenvalue weighted by molar-refractivity contribution is -0.123. The van der Waals surface area contributed by atoms with Gasteiger partial charge in [0, 0.05) is 10.6 Å². The predicted molar refractivity (Wildman–Crippen MR) is 106 cm³/mol. The number of halogens is 1. The SMILES string of the molecule is Cc1cccc(C)c1OCC(=O)N/N=C/c1ccc(-c2cccc(Cl)c2)o1. The summed E-state index contributed by atoms with van der Waals surface area (Å²) in [5, 5.41) is 4.53. The number of aryl methyl sites for hydroxylation is 2. The Morgan fingerprint density at radius 2 is 1.89 bits per heavy atom. The Bertz CT molecular complexity index is 959. The molecule has 0 spiro atoms. The van der Waals surface area contributed by atoms with E-state index in [0.29, 0.717) is 22.3 Å². The molecule has 27 heavy (non-hydrogen) atoms. The molecule has 1 aromatic heterocycles. The lowest BCUT2D eigenvalue weighted by Crippen LogP contribution is -2.24. The molecule has 0 saturated carbocycles. The maximum atomic E-state index is 11.9. The van der Waals surface area contributed by atoms with Gasteiger partial charge in [-0.1, -0.05) is 41.9 Å². The van der Waals surface area contributed by atoms with Gasteiger partial charge in [-0.2, -0.15) is 5.10 Å². The minimum absolute atomic E-state index is 0.116. The molecule has 0 unspecified atom stereocenters. The first kappa shape index (κ1) is 18.7. The molecule has 2 aromatic carbocycles. The summed E-state index contributed by atoms with van der Waals surface area (Å²) in [6, 6.07) is 16.8. The fourth-order valence-corrected chi connectivity index (χ4v) is 2.77. The molecule has 0 fully saturated rings. The van der Waals surface area contributed by atoms with Crippen molar-refractivity contribution in [1.29, 1.82) is 0 Å². The molecule has 1 amide bonds. The minimum atomic E-state index is -0.351. The topological polar surface area (TPSA) is 63.8 Å². The Balaban J connectivity index is 1.54. The number of hydrogen-bond donors (Lipinski definition) is 1. The van der Waals surface area contributed by atoms with Gasteiger partial charge in [0.15, 0.2) is 6.61 Å². The number of carbonyl (C=O) groups is 1. The number of hydrazone groups is 1. The maximum absolute atomic E-state index is 11.9. The molecule has 0 aliphatic rings. The summed E-state index contributed by atoms with van der Waals surface area (Å²) < 4.78 is 11.3. The number of ether oxygens (including phenoxy) is 1. The highest BCUT2D eigenvalue weighted by Crippen LogP contribution is 2.24. The predicted octanol–water partition coefficient (Wildman–Crippen LogP) is 4.75. The minimum Gasteiger partial charge on any atom is -0.483 e. The van der Waals surface area contributed by atoms with Gasteiger partial charge >= 0.3 is 0 Å². The lowest BCUT2D eigenvalue weighted by atomic mass is 10.1. The van der Waals surface area contributed by atoms with E-state index in [9.17, 15) is 4.79 Å². The van der Waals surface area contributed by atoms with Gasteiger partial charge in [-0.25, -0.2) is 5.43 Å². The molecule has 3 rings (SSSR count). The van der Waals surface area contributed by atoms with Crippen LogP contribution in [0, 0.1) is 13.8 Å². The smallest absolute Gasteiger partial charge is 0.277 e. The molecule has 5 nitrogen and oxygen atoms in total. The van der Waals surface area contributed by atoms with Crippen LogP contribution in [-0.2, 0) is 4.79 Å². The van der Waals surface area contributed by atoms with E-state index in [4.69, 9.17) is 20.8 Å². The highest BCUT2D eigenvalue weighted by Gasteiger charge is 2.07. The third-order valence-corrected chi connectivity index (χ3v) is 4.11. The lowest BCUT2D eigenvalue weighted by Gasteiger charge is -2.10. The zero-order valence-electron chi connectivity index (χ0n) is 15.0. The van der Waals surface area contributed by atoms with E-state index in [1.165, 1.54) is 6.21 Å².